The predicted molar refractivity (Wildman–Crippen MR) is 85.8 cm³/mol. The van der Waals surface area contributed by atoms with Crippen molar-refractivity contribution in [1.82, 2.24) is 0 Å². The average molecular weight is 288 g/mol. The Labute approximate surface area is 128 Å². The molecule has 1 atom stereocenters. The van der Waals surface area contributed by atoms with Crippen molar-refractivity contribution in [2.75, 3.05) is 0 Å². The molecule has 2 nitrogen and oxygen atoms in total. The summed E-state index contributed by atoms with van der Waals surface area (Å²) < 4.78 is 5.68. The number of carbonyl (C=O) groups is 1. The van der Waals surface area contributed by atoms with Gasteiger partial charge < -0.3 is 4.74 Å². The zero-order chi connectivity index (χ0) is 15.7. The van der Waals surface area contributed by atoms with Crippen LogP contribution in [0.4, 0.5) is 0 Å². The average Bonchev–Trinajstić information content (AvgIpc) is 2.41. The number of ether oxygens (including phenoxy) is 1. The molecule has 1 fully saturated rings. The maximum atomic E-state index is 12.8. The summed E-state index contributed by atoms with van der Waals surface area (Å²) in [6.45, 7) is 11.4. The molecule has 2 rings (SSSR count). The van der Waals surface area contributed by atoms with Crippen molar-refractivity contribution < 1.29 is 9.53 Å². The minimum absolute atomic E-state index is 0.0162. The molecule has 116 valence electrons. The molecule has 0 amide bonds. The van der Waals surface area contributed by atoms with E-state index in [2.05, 4.69) is 34.6 Å². The molecule has 0 bridgehead atoms. The van der Waals surface area contributed by atoms with Crippen LogP contribution in [0.25, 0.3) is 0 Å². The van der Waals surface area contributed by atoms with Crippen LogP contribution in [0.5, 0.6) is 0 Å². The molecule has 1 unspecified atom stereocenters. The lowest BCUT2D eigenvalue weighted by molar-refractivity contribution is -0.185. The second-order valence-corrected chi connectivity index (χ2v) is 8.27. The molecule has 0 heterocycles. The summed E-state index contributed by atoms with van der Waals surface area (Å²) in [6.07, 6.45) is 2.94. The number of esters is 1. The zero-order valence-corrected chi connectivity index (χ0v) is 14.0. The topological polar surface area (TPSA) is 26.3 Å². The van der Waals surface area contributed by atoms with Gasteiger partial charge in [0.25, 0.3) is 0 Å². The smallest absolute Gasteiger partial charge is 0.312 e. The Morgan fingerprint density at radius 2 is 1.76 bits per heavy atom. The molecule has 0 saturated heterocycles. The molecule has 21 heavy (non-hydrogen) atoms. The quantitative estimate of drug-likeness (QED) is 0.731. The summed E-state index contributed by atoms with van der Waals surface area (Å²) in [4.78, 5) is 12.8. The van der Waals surface area contributed by atoms with Gasteiger partial charge >= 0.3 is 5.97 Å². The molecular formula is C19H28O2. The summed E-state index contributed by atoms with van der Waals surface area (Å²) in [7, 11) is 0. The molecule has 1 aliphatic carbocycles. The number of hydrogen-bond acceptors (Lipinski definition) is 2. The van der Waals surface area contributed by atoms with Crippen molar-refractivity contribution in [2.24, 2.45) is 16.2 Å². The van der Waals surface area contributed by atoms with E-state index in [1.807, 2.05) is 30.3 Å². The van der Waals surface area contributed by atoms with Crippen molar-refractivity contribution in [3.8, 4) is 0 Å². The van der Waals surface area contributed by atoms with Gasteiger partial charge in [-0.15, -0.1) is 0 Å². The Hall–Kier alpha value is -1.31. The van der Waals surface area contributed by atoms with Gasteiger partial charge in [0.1, 0.15) is 6.61 Å². The third-order valence-corrected chi connectivity index (χ3v) is 4.91. The standard InChI is InChI=1S/C19H28O2/c1-17(2,3)14-19(12-11-18(19,4)5)16(20)21-13-15-9-7-6-8-10-15/h6-10H,11-14H2,1-5H3. The maximum absolute atomic E-state index is 12.8. The zero-order valence-electron chi connectivity index (χ0n) is 14.0. The van der Waals surface area contributed by atoms with Gasteiger partial charge in [-0.05, 0) is 35.7 Å². The van der Waals surface area contributed by atoms with Gasteiger partial charge in [-0.2, -0.15) is 0 Å². The van der Waals surface area contributed by atoms with E-state index < -0.39 is 0 Å². The normalized spacial score (nSPS) is 24.2. The first-order valence-corrected chi connectivity index (χ1v) is 7.88. The number of benzene rings is 1. The van der Waals surface area contributed by atoms with Gasteiger partial charge in [0.05, 0.1) is 5.41 Å². The van der Waals surface area contributed by atoms with Crippen molar-refractivity contribution in [3.63, 3.8) is 0 Å². The van der Waals surface area contributed by atoms with Crippen LogP contribution < -0.4 is 0 Å². The fourth-order valence-corrected chi connectivity index (χ4v) is 3.47. The van der Waals surface area contributed by atoms with E-state index in [0.29, 0.717) is 6.61 Å². The van der Waals surface area contributed by atoms with Crippen LogP contribution >= 0.6 is 0 Å². The van der Waals surface area contributed by atoms with Gasteiger partial charge in [0, 0.05) is 0 Å². The number of carbonyl (C=O) groups excluding carboxylic acids is 1. The molecule has 1 aromatic rings. The minimum atomic E-state index is -0.319. The van der Waals surface area contributed by atoms with E-state index in [4.69, 9.17) is 4.74 Å². The summed E-state index contributed by atoms with van der Waals surface area (Å²) >= 11 is 0. The Bertz CT molecular complexity index is 496. The van der Waals surface area contributed by atoms with E-state index in [1.54, 1.807) is 0 Å². The molecule has 2 heteroatoms. The van der Waals surface area contributed by atoms with Gasteiger partial charge in [-0.25, -0.2) is 0 Å². The van der Waals surface area contributed by atoms with Gasteiger partial charge in [-0.1, -0.05) is 65.0 Å². The fourth-order valence-electron chi connectivity index (χ4n) is 3.47. The lowest BCUT2D eigenvalue weighted by atomic mass is 9.47. The molecule has 1 aromatic carbocycles. The molecule has 0 N–H and O–H groups in total. The van der Waals surface area contributed by atoms with Crippen LogP contribution in [-0.4, -0.2) is 5.97 Å². The molecule has 1 saturated carbocycles. The van der Waals surface area contributed by atoms with Gasteiger partial charge in [0.2, 0.25) is 0 Å². The molecule has 0 aromatic heterocycles. The maximum Gasteiger partial charge on any atom is 0.312 e. The Kier molecular flexibility index (Phi) is 4.19. The molecule has 0 spiro atoms. The van der Waals surface area contributed by atoms with E-state index in [0.717, 1.165) is 24.8 Å². The third-order valence-electron chi connectivity index (χ3n) is 4.91. The first-order valence-electron chi connectivity index (χ1n) is 7.88. The van der Waals surface area contributed by atoms with Crippen molar-refractivity contribution in [1.29, 1.82) is 0 Å². The Morgan fingerprint density at radius 1 is 1.14 bits per heavy atom. The summed E-state index contributed by atoms with van der Waals surface area (Å²) in [5, 5.41) is 0. The first kappa shape index (κ1) is 16.1. The number of rotatable bonds is 4. The summed E-state index contributed by atoms with van der Waals surface area (Å²) in [5.74, 6) is -0.0162. The predicted octanol–water partition coefficient (Wildman–Crippen LogP) is 4.97. The van der Waals surface area contributed by atoms with Crippen molar-refractivity contribution in [3.05, 3.63) is 35.9 Å². The Balaban J connectivity index is 2.09. The van der Waals surface area contributed by atoms with E-state index in [-0.39, 0.29) is 22.2 Å². The SMILES string of the molecule is CC(C)(C)CC1(C(=O)OCc2ccccc2)CCC1(C)C. The molecular weight excluding hydrogens is 260 g/mol. The van der Waals surface area contributed by atoms with E-state index in [1.165, 1.54) is 0 Å². The monoisotopic (exact) mass is 288 g/mol. The van der Waals surface area contributed by atoms with Crippen molar-refractivity contribution in [2.45, 2.75) is 60.5 Å². The summed E-state index contributed by atoms with van der Waals surface area (Å²) in [5.41, 5.74) is 0.895. The fraction of sp³-hybridized carbons (Fsp3) is 0.632. The summed E-state index contributed by atoms with van der Waals surface area (Å²) in [6, 6.07) is 9.91. The van der Waals surface area contributed by atoms with Crippen LogP contribution in [0.2, 0.25) is 0 Å². The highest BCUT2D eigenvalue weighted by molar-refractivity contribution is 5.79. The highest BCUT2D eigenvalue weighted by atomic mass is 16.5. The third kappa shape index (κ3) is 3.30. The molecule has 0 aliphatic heterocycles. The largest absolute Gasteiger partial charge is 0.460 e. The molecule has 1 aliphatic rings. The van der Waals surface area contributed by atoms with E-state index in [9.17, 15) is 4.79 Å². The second kappa shape index (κ2) is 5.47. The number of hydrogen-bond donors (Lipinski definition) is 0. The van der Waals surface area contributed by atoms with Crippen molar-refractivity contribution >= 4 is 5.97 Å². The van der Waals surface area contributed by atoms with Gasteiger partial charge in [-0.3, -0.25) is 4.79 Å². The van der Waals surface area contributed by atoms with Crippen LogP contribution in [0.15, 0.2) is 30.3 Å². The second-order valence-electron chi connectivity index (χ2n) is 8.27. The lowest BCUT2D eigenvalue weighted by Crippen LogP contribution is -2.55. The van der Waals surface area contributed by atoms with E-state index >= 15 is 0 Å². The molecule has 0 radical (unpaired) electrons. The highest BCUT2D eigenvalue weighted by Crippen LogP contribution is 2.61. The van der Waals surface area contributed by atoms with Crippen LogP contribution in [0.1, 0.15) is 59.4 Å². The van der Waals surface area contributed by atoms with Crippen LogP contribution in [-0.2, 0) is 16.1 Å². The first-order chi connectivity index (χ1) is 9.66. The lowest BCUT2D eigenvalue weighted by Gasteiger charge is -2.56. The van der Waals surface area contributed by atoms with Gasteiger partial charge in [0.15, 0.2) is 0 Å². The van der Waals surface area contributed by atoms with Crippen LogP contribution in [0, 0.1) is 16.2 Å². The Morgan fingerprint density at radius 3 is 2.19 bits per heavy atom. The van der Waals surface area contributed by atoms with Crippen LogP contribution in [0.3, 0.4) is 0 Å². The highest BCUT2D eigenvalue weighted by Gasteiger charge is 2.60. The minimum Gasteiger partial charge on any atom is -0.460 e.